The second-order valence-electron chi connectivity index (χ2n) is 3.42. The molecule has 0 amide bonds. The maximum atomic E-state index is 12.5. The van der Waals surface area contributed by atoms with Crippen LogP contribution in [-0.4, -0.2) is 18.2 Å². The molecule has 2 nitrogen and oxygen atoms in total. The molecule has 0 atom stereocenters. The number of hydrogen-bond donors (Lipinski definition) is 0. The number of alkyl halides is 3. The molecule has 0 aliphatic rings. The first-order valence-electron chi connectivity index (χ1n) is 4.77. The van der Waals surface area contributed by atoms with Crippen LogP contribution in [0.4, 0.5) is 18.9 Å². The lowest BCUT2D eigenvalue weighted by Crippen LogP contribution is -2.28. The summed E-state index contributed by atoms with van der Waals surface area (Å²) in [5.74, 6) is -1.21. The molecule has 0 saturated carbocycles. The van der Waals surface area contributed by atoms with Gasteiger partial charge in [0.2, 0.25) is 0 Å². The van der Waals surface area contributed by atoms with E-state index in [-0.39, 0.29) is 5.69 Å². The number of aliphatic imine (C=N–C) groups is 1. The lowest BCUT2D eigenvalue weighted by atomic mass is 10.3. The van der Waals surface area contributed by atoms with Gasteiger partial charge in [-0.05, 0) is 26.0 Å². The largest absolute Gasteiger partial charge is 0.472 e. The van der Waals surface area contributed by atoms with Crippen molar-refractivity contribution in [2.75, 3.05) is 0 Å². The van der Waals surface area contributed by atoms with Crippen LogP contribution in [0.5, 0.6) is 0 Å². The number of ether oxygens (including phenoxy) is 1. The molecular formula is C11H12F3NO. The summed E-state index contributed by atoms with van der Waals surface area (Å²) in [5.41, 5.74) is 0.218. The molecule has 5 heteroatoms. The minimum atomic E-state index is -4.57. The van der Waals surface area contributed by atoms with Crippen LogP contribution in [0.2, 0.25) is 0 Å². The molecule has 0 aromatic heterocycles. The van der Waals surface area contributed by atoms with E-state index in [4.69, 9.17) is 0 Å². The van der Waals surface area contributed by atoms with Crippen molar-refractivity contribution in [3.8, 4) is 0 Å². The molecule has 0 bridgehead atoms. The monoisotopic (exact) mass is 231 g/mol. The lowest BCUT2D eigenvalue weighted by Gasteiger charge is -2.14. The predicted molar refractivity (Wildman–Crippen MR) is 55.8 cm³/mol. The first-order valence-corrected chi connectivity index (χ1v) is 4.77. The number of para-hydroxylation sites is 1. The summed E-state index contributed by atoms with van der Waals surface area (Å²) >= 11 is 0. The highest BCUT2D eigenvalue weighted by molar-refractivity contribution is 5.84. The van der Waals surface area contributed by atoms with Gasteiger partial charge in [0.15, 0.2) is 0 Å². The van der Waals surface area contributed by atoms with Gasteiger partial charge in [-0.1, -0.05) is 18.2 Å². The van der Waals surface area contributed by atoms with Gasteiger partial charge in [0.1, 0.15) is 0 Å². The predicted octanol–water partition coefficient (Wildman–Crippen LogP) is 3.70. The summed E-state index contributed by atoms with van der Waals surface area (Å²) in [4.78, 5) is 3.44. The first kappa shape index (κ1) is 12.5. The first-order chi connectivity index (χ1) is 7.39. The molecule has 1 rings (SSSR count). The Kier molecular flexibility index (Phi) is 3.93. The highest BCUT2D eigenvalue weighted by Gasteiger charge is 2.38. The van der Waals surface area contributed by atoms with E-state index in [2.05, 4.69) is 9.73 Å². The van der Waals surface area contributed by atoms with Gasteiger partial charge in [0, 0.05) is 0 Å². The summed E-state index contributed by atoms with van der Waals surface area (Å²) in [6.45, 7) is 3.04. The van der Waals surface area contributed by atoms with E-state index in [1.54, 1.807) is 18.2 Å². The number of halogens is 3. The summed E-state index contributed by atoms with van der Waals surface area (Å²) in [6.07, 6.45) is -5.13. The van der Waals surface area contributed by atoms with E-state index in [0.717, 1.165) is 0 Å². The average Bonchev–Trinajstić information content (AvgIpc) is 2.16. The van der Waals surface area contributed by atoms with E-state index in [1.807, 2.05) is 0 Å². The topological polar surface area (TPSA) is 21.6 Å². The summed E-state index contributed by atoms with van der Waals surface area (Å²) in [5, 5.41) is 0. The molecule has 88 valence electrons. The van der Waals surface area contributed by atoms with Gasteiger partial charge in [-0.15, -0.1) is 0 Å². The van der Waals surface area contributed by atoms with Gasteiger partial charge in [-0.2, -0.15) is 13.2 Å². The van der Waals surface area contributed by atoms with Crippen LogP contribution in [0, 0.1) is 0 Å². The minimum absolute atomic E-state index is 0.218. The molecular weight excluding hydrogens is 219 g/mol. The Bertz CT molecular complexity index is 357. The third-order valence-electron chi connectivity index (χ3n) is 1.58. The van der Waals surface area contributed by atoms with Crippen LogP contribution >= 0.6 is 0 Å². The Morgan fingerprint density at radius 2 is 1.75 bits per heavy atom. The van der Waals surface area contributed by atoms with Crippen molar-refractivity contribution in [2.24, 2.45) is 4.99 Å². The fraction of sp³-hybridized carbons (Fsp3) is 0.364. The Balaban J connectivity index is 2.97. The Labute approximate surface area is 91.8 Å². The summed E-state index contributed by atoms with van der Waals surface area (Å²) in [6, 6.07) is 7.89. The van der Waals surface area contributed by atoms with Crippen molar-refractivity contribution in [1.82, 2.24) is 0 Å². The number of nitrogens with zero attached hydrogens (tertiary/aromatic N) is 1. The van der Waals surface area contributed by atoms with Gasteiger partial charge >= 0.3 is 6.18 Å². The van der Waals surface area contributed by atoms with Gasteiger partial charge in [0.05, 0.1) is 11.8 Å². The molecule has 1 aromatic rings. The van der Waals surface area contributed by atoms with Crippen LogP contribution in [-0.2, 0) is 4.74 Å². The molecule has 1 aromatic carbocycles. The zero-order chi connectivity index (χ0) is 12.2. The molecule has 0 saturated heterocycles. The van der Waals surface area contributed by atoms with Gasteiger partial charge in [-0.25, -0.2) is 4.99 Å². The van der Waals surface area contributed by atoms with Gasteiger partial charge in [-0.3, -0.25) is 0 Å². The molecule has 0 fully saturated rings. The van der Waals surface area contributed by atoms with E-state index in [1.165, 1.54) is 26.0 Å². The number of benzene rings is 1. The Hall–Kier alpha value is -1.52. The fourth-order valence-corrected chi connectivity index (χ4v) is 1.000. The molecule has 0 N–H and O–H groups in total. The van der Waals surface area contributed by atoms with Crippen molar-refractivity contribution in [3.05, 3.63) is 30.3 Å². The maximum absolute atomic E-state index is 12.5. The lowest BCUT2D eigenvalue weighted by molar-refractivity contribution is -0.0816. The van der Waals surface area contributed by atoms with Crippen molar-refractivity contribution < 1.29 is 17.9 Å². The fourth-order valence-electron chi connectivity index (χ4n) is 1.000. The minimum Gasteiger partial charge on any atom is -0.472 e. The van der Waals surface area contributed by atoms with E-state index in [9.17, 15) is 13.2 Å². The Morgan fingerprint density at radius 3 is 2.19 bits per heavy atom. The summed E-state index contributed by atoms with van der Waals surface area (Å²) in [7, 11) is 0. The van der Waals surface area contributed by atoms with Crippen molar-refractivity contribution in [1.29, 1.82) is 0 Å². The average molecular weight is 231 g/mol. The van der Waals surface area contributed by atoms with E-state index >= 15 is 0 Å². The van der Waals surface area contributed by atoms with E-state index < -0.39 is 18.2 Å². The highest BCUT2D eigenvalue weighted by Crippen LogP contribution is 2.22. The van der Waals surface area contributed by atoms with Crippen LogP contribution in [0.15, 0.2) is 35.3 Å². The standard InChI is InChI=1S/C11H12F3NO/c1-8(2)16-10(11(12,13)14)15-9-6-4-3-5-7-9/h3-8H,1-2H3. The molecule has 0 heterocycles. The van der Waals surface area contributed by atoms with Gasteiger partial charge in [0.25, 0.3) is 5.90 Å². The molecule has 0 radical (unpaired) electrons. The van der Waals surface area contributed by atoms with Crippen LogP contribution in [0.25, 0.3) is 0 Å². The second-order valence-corrected chi connectivity index (χ2v) is 3.42. The molecule has 0 spiro atoms. The van der Waals surface area contributed by atoms with Crippen molar-refractivity contribution >= 4 is 11.6 Å². The molecule has 16 heavy (non-hydrogen) atoms. The van der Waals surface area contributed by atoms with Gasteiger partial charge < -0.3 is 4.74 Å². The highest BCUT2D eigenvalue weighted by atomic mass is 19.4. The summed E-state index contributed by atoms with van der Waals surface area (Å²) < 4.78 is 42.2. The molecule has 0 aliphatic heterocycles. The molecule has 0 unspecified atom stereocenters. The van der Waals surface area contributed by atoms with Crippen LogP contribution in [0.3, 0.4) is 0 Å². The van der Waals surface area contributed by atoms with E-state index in [0.29, 0.717) is 0 Å². The second kappa shape index (κ2) is 5.01. The Morgan fingerprint density at radius 1 is 1.19 bits per heavy atom. The zero-order valence-corrected chi connectivity index (χ0v) is 8.95. The third-order valence-corrected chi connectivity index (χ3v) is 1.58. The molecule has 0 aliphatic carbocycles. The number of hydrogen-bond acceptors (Lipinski definition) is 2. The van der Waals surface area contributed by atoms with Crippen LogP contribution in [0.1, 0.15) is 13.8 Å². The number of rotatable bonds is 2. The third kappa shape index (κ3) is 3.92. The quantitative estimate of drug-likeness (QED) is 0.561. The zero-order valence-electron chi connectivity index (χ0n) is 8.95. The SMILES string of the molecule is CC(C)OC(=Nc1ccccc1)C(F)(F)F. The smallest absolute Gasteiger partial charge is 0.468 e. The maximum Gasteiger partial charge on any atom is 0.468 e. The van der Waals surface area contributed by atoms with Crippen molar-refractivity contribution in [3.63, 3.8) is 0 Å². The van der Waals surface area contributed by atoms with Crippen LogP contribution < -0.4 is 0 Å². The van der Waals surface area contributed by atoms with Crippen molar-refractivity contribution in [2.45, 2.75) is 26.1 Å². The normalized spacial score (nSPS) is 13.0.